The van der Waals surface area contributed by atoms with E-state index >= 15 is 0 Å². The van der Waals surface area contributed by atoms with Crippen molar-refractivity contribution < 1.29 is 9.53 Å². The highest BCUT2D eigenvalue weighted by Crippen LogP contribution is 2.52. The maximum Gasteiger partial charge on any atom is 0.306 e. The minimum Gasteiger partial charge on any atom is -0.466 e. The van der Waals surface area contributed by atoms with Crippen LogP contribution < -0.4 is 0 Å². The van der Waals surface area contributed by atoms with Gasteiger partial charge in [0.05, 0.1) is 13.0 Å². The molecule has 0 radical (unpaired) electrons. The number of benzene rings is 2. The third-order valence-electron chi connectivity index (χ3n) is 4.79. The Morgan fingerprint density at radius 2 is 1.65 bits per heavy atom. The van der Waals surface area contributed by atoms with E-state index in [2.05, 4.69) is 48.5 Å². The highest BCUT2D eigenvalue weighted by atomic mass is 16.5. The van der Waals surface area contributed by atoms with Crippen LogP contribution in [0.25, 0.3) is 11.1 Å². The Bertz CT molecular complexity index is 639. The molecule has 0 bridgehead atoms. The molecule has 1 fully saturated rings. The maximum absolute atomic E-state index is 11.7. The zero-order valence-corrected chi connectivity index (χ0v) is 13.8. The first-order valence-corrected chi connectivity index (χ1v) is 8.51. The first-order valence-electron chi connectivity index (χ1n) is 8.51. The molecular weight excluding hydrogens is 284 g/mol. The van der Waals surface area contributed by atoms with Crippen molar-refractivity contribution in [1.82, 2.24) is 0 Å². The smallest absolute Gasteiger partial charge is 0.306 e. The van der Waals surface area contributed by atoms with Crippen LogP contribution in [-0.4, -0.2) is 12.6 Å². The number of rotatable bonds is 7. The lowest BCUT2D eigenvalue weighted by atomic mass is 9.93. The molecule has 1 aliphatic carbocycles. The third kappa shape index (κ3) is 4.22. The summed E-state index contributed by atoms with van der Waals surface area (Å²) >= 11 is 0. The van der Waals surface area contributed by atoms with Crippen molar-refractivity contribution in [2.45, 2.75) is 39.0 Å². The monoisotopic (exact) mass is 308 g/mol. The van der Waals surface area contributed by atoms with E-state index in [1.54, 1.807) is 0 Å². The SMILES string of the molecule is CCOC(=O)CC1(CCc2ccc(-c3ccccc3)cc2)CC1. The van der Waals surface area contributed by atoms with Crippen molar-refractivity contribution in [2.75, 3.05) is 6.61 Å². The molecule has 120 valence electrons. The number of carbonyl (C=O) groups is 1. The van der Waals surface area contributed by atoms with Crippen molar-refractivity contribution in [1.29, 1.82) is 0 Å². The normalized spacial score (nSPS) is 15.2. The van der Waals surface area contributed by atoms with Gasteiger partial charge in [0.2, 0.25) is 0 Å². The van der Waals surface area contributed by atoms with Gasteiger partial charge in [-0.1, -0.05) is 54.6 Å². The zero-order valence-electron chi connectivity index (χ0n) is 13.8. The molecule has 0 aromatic heterocycles. The van der Waals surface area contributed by atoms with Crippen LogP contribution in [0.2, 0.25) is 0 Å². The van der Waals surface area contributed by atoms with E-state index in [1.165, 1.54) is 16.7 Å². The minimum absolute atomic E-state index is 0.0376. The molecular formula is C21H24O2. The molecule has 0 amide bonds. The molecule has 23 heavy (non-hydrogen) atoms. The minimum atomic E-state index is -0.0376. The summed E-state index contributed by atoms with van der Waals surface area (Å²) in [5.41, 5.74) is 4.06. The van der Waals surface area contributed by atoms with E-state index in [1.807, 2.05) is 13.0 Å². The van der Waals surface area contributed by atoms with Crippen molar-refractivity contribution in [3.8, 4) is 11.1 Å². The highest BCUT2D eigenvalue weighted by Gasteiger charge is 2.43. The Labute approximate surface area is 138 Å². The average molecular weight is 308 g/mol. The molecule has 0 N–H and O–H groups in total. The second-order valence-electron chi connectivity index (χ2n) is 6.54. The maximum atomic E-state index is 11.7. The Balaban J connectivity index is 1.56. The van der Waals surface area contributed by atoms with Gasteiger partial charge in [-0.25, -0.2) is 0 Å². The summed E-state index contributed by atoms with van der Waals surface area (Å²) in [6.07, 6.45) is 5.02. The molecule has 0 heterocycles. The largest absolute Gasteiger partial charge is 0.466 e. The zero-order chi connectivity index (χ0) is 16.1. The number of ether oxygens (including phenoxy) is 1. The molecule has 2 aromatic carbocycles. The lowest BCUT2D eigenvalue weighted by molar-refractivity contribution is -0.144. The van der Waals surface area contributed by atoms with E-state index in [9.17, 15) is 4.79 Å². The third-order valence-corrected chi connectivity index (χ3v) is 4.79. The van der Waals surface area contributed by atoms with E-state index in [0.717, 1.165) is 25.7 Å². The Kier molecular flexibility index (Phi) is 4.80. The number of esters is 1. The summed E-state index contributed by atoms with van der Waals surface area (Å²) in [6.45, 7) is 2.35. The fraction of sp³-hybridized carbons (Fsp3) is 0.381. The van der Waals surface area contributed by atoms with Crippen molar-refractivity contribution in [3.63, 3.8) is 0 Å². The number of hydrogen-bond acceptors (Lipinski definition) is 2. The Morgan fingerprint density at radius 1 is 1.00 bits per heavy atom. The standard InChI is InChI=1S/C21H24O2/c1-2-23-20(22)16-21(14-15-21)13-12-17-8-10-19(11-9-17)18-6-4-3-5-7-18/h3-11H,2,12-16H2,1H3. The van der Waals surface area contributed by atoms with Crippen molar-refractivity contribution in [2.24, 2.45) is 5.41 Å². The lowest BCUT2D eigenvalue weighted by Crippen LogP contribution is -2.13. The molecule has 0 atom stereocenters. The number of aryl methyl sites for hydroxylation is 1. The fourth-order valence-electron chi connectivity index (χ4n) is 3.11. The molecule has 0 aliphatic heterocycles. The van der Waals surface area contributed by atoms with E-state index in [-0.39, 0.29) is 11.4 Å². The van der Waals surface area contributed by atoms with E-state index < -0.39 is 0 Å². The topological polar surface area (TPSA) is 26.3 Å². The predicted molar refractivity (Wildman–Crippen MR) is 93.1 cm³/mol. The molecule has 2 aromatic rings. The first-order chi connectivity index (χ1) is 11.2. The molecule has 1 saturated carbocycles. The van der Waals surface area contributed by atoms with Crippen molar-refractivity contribution >= 4 is 5.97 Å². The molecule has 1 aliphatic rings. The van der Waals surface area contributed by atoms with Crippen LogP contribution in [0.3, 0.4) is 0 Å². The Hall–Kier alpha value is -2.09. The summed E-state index contributed by atoms with van der Waals surface area (Å²) in [4.78, 5) is 11.7. The van der Waals surface area contributed by atoms with Gasteiger partial charge < -0.3 is 4.74 Å². The predicted octanol–water partition coefficient (Wildman–Crippen LogP) is 5.02. The van der Waals surface area contributed by atoms with Crippen LogP contribution in [-0.2, 0) is 16.0 Å². The summed E-state index contributed by atoms with van der Waals surface area (Å²) in [6, 6.07) is 19.2. The molecule has 0 unspecified atom stereocenters. The van der Waals surface area contributed by atoms with E-state index in [4.69, 9.17) is 4.74 Å². The highest BCUT2D eigenvalue weighted by molar-refractivity contribution is 5.70. The number of carbonyl (C=O) groups excluding carboxylic acids is 1. The molecule has 2 nitrogen and oxygen atoms in total. The molecule has 0 spiro atoms. The summed E-state index contributed by atoms with van der Waals surface area (Å²) in [5.74, 6) is -0.0376. The summed E-state index contributed by atoms with van der Waals surface area (Å²) < 4.78 is 5.10. The molecule has 2 heteroatoms. The average Bonchev–Trinajstić information content (AvgIpc) is 3.34. The number of hydrogen-bond donors (Lipinski definition) is 0. The fourth-order valence-corrected chi connectivity index (χ4v) is 3.11. The van der Waals surface area contributed by atoms with Crippen LogP contribution in [0.5, 0.6) is 0 Å². The van der Waals surface area contributed by atoms with Gasteiger partial charge in [-0.15, -0.1) is 0 Å². The van der Waals surface area contributed by atoms with Gasteiger partial charge in [0.25, 0.3) is 0 Å². The molecule has 0 saturated heterocycles. The van der Waals surface area contributed by atoms with Gasteiger partial charge in [0.1, 0.15) is 0 Å². The summed E-state index contributed by atoms with van der Waals surface area (Å²) in [7, 11) is 0. The quantitative estimate of drug-likeness (QED) is 0.671. The summed E-state index contributed by atoms with van der Waals surface area (Å²) in [5, 5.41) is 0. The van der Waals surface area contributed by atoms with Crippen LogP contribution in [0.4, 0.5) is 0 Å². The van der Waals surface area contributed by atoms with Gasteiger partial charge in [-0.3, -0.25) is 4.79 Å². The lowest BCUT2D eigenvalue weighted by Gasteiger charge is -2.14. The van der Waals surface area contributed by atoms with Crippen LogP contribution >= 0.6 is 0 Å². The second-order valence-corrected chi connectivity index (χ2v) is 6.54. The van der Waals surface area contributed by atoms with Gasteiger partial charge >= 0.3 is 5.97 Å². The van der Waals surface area contributed by atoms with Crippen molar-refractivity contribution in [3.05, 3.63) is 60.2 Å². The van der Waals surface area contributed by atoms with Gasteiger partial charge in [0.15, 0.2) is 0 Å². The van der Waals surface area contributed by atoms with Crippen LogP contribution in [0, 0.1) is 5.41 Å². The van der Waals surface area contributed by atoms with E-state index in [0.29, 0.717) is 13.0 Å². The first kappa shape index (κ1) is 15.8. The van der Waals surface area contributed by atoms with Gasteiger partial charge in [-0.05, 0) is 54.7 Å². The van der Waals surface area contributed by atoms with Crippen LogP contribution in [0.15, 0.2) is 54.6 Å². The van der Waals surface area contributed by atoms with Gasteiger partial charge in [-0.2, -0.15) is 0 Å². The van der Waals surface area contributed by atoms with Crippen LogP contribution in [0.1, 0.15) is 38.2 Å². The second kappa shape index (κ2) is 6.99. The van der Waals surface area contributed by atoms with Gasteiger partial charge in [0, 0.05) is 0 Å². The Morgan fingerprint density at radius 3 is 2.26 bits per heavy atom. The molecule has 3 rings (SSSR count).